The van der Waals surface area contributed by atoms with Gasteiger partial charge >= 0.3 is 5.97 Å². The Bertz CT molecular complexity index is 675. The van der Waals surface area contributed by atoms with E-state index in [0.717, 1.165) is 18.3 Å². The molecular weight excluding hydrogens is 296 g/mol. The summed E-state index contributed by atoms with van der Waals surface area (Å²) in [7, 11) is 1.24. The van der Waals surface area contributed by atoms with Crippen LogP contribution in [0.1, 0.15) is 23.0 Å². The summed E-state index contributed by atoms with van der Waals surface area (Å²) in [4.78, 5) is 35.6. The van der Waals surface area contributed by atoms with E-state index < -0.39 is 16.6 Å². The van der Waals surface area contributed by atoms with Crippen molar-refractivity contribution in [1.82, 2.24) is 4.98 Å². The SMILES string of the molecule is CCOC(=C=O)C(=Cc1ncc(C(=O)O)cc1[N+](=O)[O-])OC. The number of carboxylic acids is 1. The number of methoxy groups -OCH3 is 1. The molecule has 9 nitrogen and oxygen atoms in total. The van der Waals surface area contributed by atoms with Crippen molar-refractivity contribution < 1.29 is 29.1 Å². The van der Waals surface area contributed by atoms with Crippen LogP contribution in [0.5, 0.6) is 0 Å². The highest BCUT2D eigenvalue weighted by Gasteiger charge is 2.19. The number of aromatic carboxylic acids is 1. The van der Waals surface area contributed by atoms with Gasteiger partial charge in [-0.1, -0.05) is 0 Å². The van der Waals surface area contributed by atoms with Crippen molar-refractivity contribution >= 4 is 23.7 Å². The van der Waals surface area contributed by atoms with Gasteiger partial charge in [-0.2, -0.15) is 0 Å². The Kier molecular flexibility index (Phi) is 5.79. The molecule has 0 aromatic carbocycles. The summed E-state index contributed by atoms with van der Waals surface area (Å²) in [5.74, 6) is -0.224. The molecule has 0 aliphatic heterocycles. The lowest BCUT2D eigenvalue weighted by molar-refractivity contribution is -0.385. The maximum Gasteiger partial charge on any atom is 0.337 e. The van der Waals surface area contributed by atoms with Gasteiger partial charge in [0.15, 0.2) is 11.7 Å². The van der Waals surface area contributed by atoms with Gasteiger partial charge in [0, 0.05) is 18.3 Å². The van der Waals surface area contributed by atoms with Crippen LogP contribution in [-0.4, -0.2) is 40.6 Å². The molecule has 0 radical (unpaired) electrons. The summed E-state index contributed by atoms with van der Waals surface area (Å²) in [6, 6.07) is 0.861. The zero-order chi connectivity index (χ0) is 16.7. The Labute approximate surface area is 124 Å². The van der Waals surface area contributed by atoms with Gasteiger partial charge in [0.05, 0.1) is 24.2 Å². The number of carbonyl (C=O) groups excluding carboxylic acids is 1. The van der Waals surface area contributed by atoms with Gasteiger partial charge in [0.2, 0.25) is 5.76 Å². The summed E-state index contributed by atoms with van der Waals surface area (Å²) in [5.41, 5.74) is -1.06. The third-order valence-corrected chi connectivity index (χ3v) is 2.43. The lowest BCUT2D eigenvalue weighted by atomic mass is 10.2. The third kappa shape index (κ3) is 3.90. The van der Waals surface area contributed by atoms with E-state index in [0.29, 0.717) is 0 Å². The van der Waals surface area contributed by atoms with Crippen LogP contribution < -0.4 is 0 Å². The van der Waals surface area contributed by atoms with Crippen molar-refractivity contribution in [3.63, 3.8) is 0 Å². The first-order chi connectivity index (χ1) is 10.4. The van der Waals surface area contributed by atoms with E-state index in [1.165, 1.54) is 13.1 Å². The monoisotopic (exact) mass is 308 g/mol. The topological polar surface area (TPSA) is 129 Å². The van der Waals surface area contributed by atoms with Crippen LogP contribution in [0.25, 0.3) is 6.08 Å². The maximum absolute atomic E-state index is 11.0. The molecule has 0 spiro atoms. The molecule has 0 bridgehead atoms. The van der Waals surface area contributed by atoms with Gasteiger partial charge in [-0.3, -0.25) is 10.1 Å². The number of aromatic nitrogens is 1. The highest BCUT2D eigenvalue weighted by atomic mass is 16.6. The van der Waals surface area contributed by atoms with Crippen molar-refractivity contribution in [1.29, 1.82) is 0 Å². The first-order valence-electron chi connectivity index (χ1n) is 5.96. The largest absolute Gasteiger partial charge is 0.492 e. The molecule has 22 heavy (non-hydrogen) atoms. The van der Waals surface area contributed by atoms with Gasteiger partial charge in [-0.15, -0.1) is 0 Å². The molecule has 1 heterocycles. The number of pyridine rings is 1. The standard InChI is InChI=1S/C13H12N2O7/c1-3-22-12(7-16)11(21-2)5-9-10(15(19)20)4-8(6-14-9)13(17)18/h4-6H,3H2,1-2H3,(H,17,18). The van der Waals surface area contributed by atoms with E-state index in [-0.39, 0.29) is 29.4 Å². The average molecular weight is 308 g/mol. The molecule has 0 amide bonds. The molecule has 1 aromatic rings. The van der Waals surface area contributed by atoms with E-state index >= 15 is 0 Å². The van der Waals surface area contributed by atoms with Crippen LogP contribution in [0.15, 0.2) is 23.8 Å². The van der Waals surface area contributed by atoms with Crippen molar-refractivity contribution in [2.24, 2.45) is 0 Å². The molecule has 0 atom stereocenters. The molecule has 9 heteroatoms. The zero-order valence-corrected chi connectivity index (χ0v) is 11.7. The number of carboxylic acid groups (broad SMARTS) is 1. The summed E-state index contributed by atoms with van der Waals surface area (Å²) in [5, 5.41) is 19.8. The Balaban J connectivity index is 3.41. The number of hydrogen-bond donors (Lipinski definition) is 1. The molecule has 0 saturated carbocycles. The molecule has 0 aliphatic carbocycles. The molecular formula is C13H12N2O7. The molecule has 0 fully saturated rings. The predicted octanol–water partition coefficient (Wildman–Crippen LogP) is 1.43. The second kappa shape index (κ2) is 7.55. The number of nitrogens with zero attached hydrogens (tertiary/aromatic N) is 2. The predicted molar refractivity (Wildman–Crippen MR) is 73.7 cm³/mol. The highest BCUT2D eigenvalue weighted by Crippen LogP contribution is 2.22. The van der Waals surface area contributed by atoms with Crippen molar-refractivity contribution in [3.8, 4) is 0 Å². The molecule has 0 saturated heterocycles. The van der Waals surface area contributed by atoms with Crippen LogP contribution in [-0.2, 0) is 14.3 Å². The minimum Gasteiger partial charge on any atom is -0.492 e. The Morgan fingerprint density at radius 1 is 1.59 bits per heavy atom. The Morgan fingerprint density at radius 3 is 2.73 bits per heavy atom. The lowest BCUT2D eigenvalue weighted by Gasteiger charge is -2.08. The normalized spacial score (nSPS) is 10.5. The Hall–Kier alpha value is -3.19. The van der Waals surface area contributed by atoms with E-state index in [2.05, 4.69) is 4.98 Å². The van der Waals surface area contributed by atoms with Crippen LogP contribution in [0.4, 0.5) is 5.69 Å². The van der Waals surface area contributed by atoms with Crippen LogP contribution in [0, 0.1) is 10.1 Å². The van der Waals surface area contributed by atoms with E-state index in [4.69, 9.17) is 14.6 Å². The van der Waals surface area contributed by atoms with Gasteiger partial charge in [0.1, 0.15) is 5.69 Å². The smallest absolute Gasteiger partial charge is 0.337 e. The average Bonchev–Trinajstić information content (AvgIpc) is 2.50. The van der Waals surface area contributed by atoms with E-state index in [9.17, 15) is 19.7 Å². The van der Waals surface area contributed by atoms with Gasteiger partial charge in [-0.05, 0) is 6.92 Å². The number of rotatable bonds is 7. The van der Waals surface area contributed by atoms with E-state index in [1.54, 1.807) is 6.92 Å². The fourth-order valence-electron chi connectivity index (χ4n) is 1.47. The second-order valence-electron chi connectivity index (χ2n) is 3.77. The summed E-state index contributed by atoms with van der Waals surface area (Å²) >= 11 is 0. The molecule has 0 aliphatic rings. The fourth-order valence-corrected chi connectivity index (χ4v) is 1.47. The minimum absolute atomic E-state index is 0.115. The maximum atomic E-state index is 11.0. The summed E-state index contributed by atoms with van der Waals surface area (Å²) in [6.45, 7) is 1.80. The Morgan fingerprint density at radius 2 is 2.27 bits per heavy atom. The van der Waals surface area contributed by atoms with Crippen LogP contribution >= 0.6 is 0 Å². The quantitative estimate of drug-likeness (QED) is 0.263. The number of ether oxygens (including phenoxy) is 2. The molecule has 116 valence electrons. The first kappa shape index (κ1) is 16.9. The molecule has 1 aromatic heterocycles. The highest BCUT2D eigenvalue weighted by molar-refractivity contribution is 5.88. The molecule has 0 unspecified atom stereocenters. The summed E-state index contributed by atoms with van der Waals surface area (Å²) in [6.07, 6.45) is 2.05. The van der Waals surface area contributed by atoms with Gasteiger partial charge in [-0.25, -0.2) is 14.6 Å². The van der Waals surface area contributed by atoms with Crippen LogP contribution in [0.3, 0.4) is 0 Å². The third-order valence-electron chi connectivity index (χ3n) is 2.43. The van der Waals surface area contributed by atoms with Gasteiger partial charge in [0.25, 0.3) is 5.69 Å². The minimum atomic E-state index is -1.35. The zero-order valence-electron chi connectivity index (χ0n) is 11.7. The van der Waals surface area contributed by atoms with Crippen molar-refractivity contribution in [2.45, 2.75) is 6.92 Å². The molecule has 1 N–H and O–H groups in total. The second-order valence-corrected chi connectivity index (χ2v) is 3.77. The van der Waals surface area contributed by atoms with Crippen molar-refractivity contribution in [2.75, 3.05) is 13.7 Å². The van der Waals surface area contributed by atoms with E-state index in [1.807, 2.05) is 0 Å². The van der Waals surface area contributed by atoms with Crippen molar-refractivity contribution in [3.05, 3.63) is 45.2 Å². The molecule has 1 rings (SSSR count). The lowest BCUT2D eigenvalue weighted by Crippen LogP contribution is -2.04. The fraction of sp³-hybridized carbons (Fsp3) is 0.231. The summed E-state index contributed by atoms with van der Waals surface area (Å²) < 4.78 is 9.92. The number of hydrogen-bond acceptors (Lipinski definition) is 7. The number of nitro groups is 1. The van der Waals surface area contributed by atoms with Crippen LogP contribution in [0.2, 0.25) is 0 Å². The van der Waals surface area contributed by atoms with Gasteiger partial charge < -0.3 is 14.6 Å². The number of carbonyl (C=O) groups is 1. The first-order valence-corrected chi connectivity index (χ1v) is 5.96.